The number of rotatable bonds is 4. The Hall–Kier alpha value is 0.0229. The van der Waals surface area contributed by atoms with Crippen LogP contribution in [0.3, 0.4) is 0 Å². The van der Waals surface area contributed by atoms with Crippen molar-refractivity contribution < 1.29 is 4.74 Å². The number of ether oxygens (including phenoxy) is 1. The molecule has 0 saturated carbocycles. The Morgan fingerprint density at radius 2 is 1.62 bits per heavy atom. The summed E-state index contributed by atoms with van der Waals surface area (Å²) in [5.74, 6) is 3.45. The molecule has 1 aliphatic rings. The van der Waals surface area contributed by atoms with Crippen molar-refractivity contribution in [3.8, 4) is 10.7 Å². The molecule has 0 radical (unpaired) electrons. The molecule has 16 heavy (non-hydrogen) atoms. The van der Waals surface area contributed by atoms with Crippen LogP contribution in [-0.2, 0) is 4.74 Å². The van der Waals surface area contributed by atoms with E-state index in [0.717, 1.165) is 32.8 Å². The fourth-order valence-electron chi connectivity index (χ4n) is 2.11. The van der Waals surface area contributed by atoms with Gasteiger partial charge >= 0.3 is 103 Å². The van der Waals surface area contributed by atoms with Gasteiger partial charge in [-0.15, -0.1) is 0 Å². The zero-order chi connectivity index (χ0) is 11.9. The topological polar surface area (TPSA) is 12.5 Å². The van der Waals surface area contributed by atoms with E-state index >= 15 is 0 Å². The summed E-state index contributed by atoms with van der Waals surface area (Å²) in [4.78, 5) is 2.41. The van der Waals surface area contributed by atoms with Crippen LogP contribution in [-0.4, -0.2) is 51.0 Å². The summed E-state index contributed by atoms with van der Waals surface area (Å²) in [6.07, 6.45) is 0. The van der Waals surface area contributed by atoms with Gasteiger partial charge in [0.2, 0.25) is 0 Å². The van der Waals surface area contributed by atoms with E-state index in [1.54, 1.807) is 0 Å². The maximum absolute atomic E-state index is 5.33. The van der Waals surface area contributed by atoms with E-state index in [0.29, 0.717) is 0 Å². The molecule has 0 amide bonds. The van der Waals surface area contributed by atoms with Crippen LogP contribution in [0.1, 0.15) is 20.8 Å². The molecule has 0 atom stereocenters. The fourth-order valence-corrected chi connectivity index (χ4v) is 7.33. The number of morpholine rings is 1. The summed E-state index contributed by atoms with van der Waals surface area (Å²) in [5, 5.41) is 4.05. The summed E-state index contributed by atoms with van der Waals surface area (Å²) >= 11 is -1.74. The van der Waals surface area contributed by atoms with Crippen LogP contribution in [0.25, 0.3) is 0 Å². The van der Waals surface area contributed by atoms with E-state index < -0.39 is 13.3 Å². The van der Waals surface area contributed by atoms with Gasteiger partial charge < -0.3 is 0 Å². The van der Waals surface area contributed by atoms with Gasteiger partial charge in [0.1, 0.15) is 0 Å². The summed E-state index contributed by atoms with van der Waals surface area (Å²) in [6.45, 7) is 11.8. The van der Waals surface area contributed by atoms with Crippen LogP contribution < -0.4 is 0 Å². The molecule has 3 heteroatoms. The van der Waals surface area contributed by atoms with E-state index in [1.165, 1.54) is 15.8 Å². The first-order valence-electron chi connectivity index (χ1n) is 6.56. The molecule has 1 heterocycles. The minimum atomic E-state index is -1.74. The van der Waals surface area contributed by atoms with Gasteiger partial charge in [0.25, 0.3) is 0 Å². The average molecular weight is 284 g/mol. The van der Waals surface area contributed by atoms with Crippen molar-refractivity contribution in [1.82, 2.24) is 4.90 Å². The molecular weight excluding hydrogens is 259 g/mol. The molecule has 92 valence electrons. The van der Waals surface area contributed by atoms with E-state index in [1.807, 2.05) is 0 Å². The van der Waals surface area contributed by atoms with Crippen LogP contribution in [0.2, 0.25) is 15.8 Å². The third-order valence-corrected chi connectivity index (χ3v) is 13.8. The Balaban J connectivity index is 2.44. The molecule has 0 aromatic carbocycles. The van der Waals surface area contributed by atoms with Crippen molar-refractivity contribution in [3.05, 3.63) is 0 Å². The first-order chi connectivity index (χ1) is 7.76. The van der Waals surface area contributed by atoms with Gasteiger partial charge in [-0.1, -0.05) is 0 Å². The third-order valence-electron chi connectivity index (χ3n) is 3.79. The Morgan fingerprint density at radius 1 is 1.06 bits per heavy atom. The van der Waals surface area contributed by atoms with Gasteiger partial charge in [0, 0.05) is 0 Å². The second-order valence-corrected chi connectivity index (χ2v) is 14.9. The number of nitrogens with zero attached hydrogens (tertiary/aromatic N) is 1. The number of hydrogen-bond acceptors (Lipinski definition) is 2. The fraction of sp³-hybridized carbons (Fsp3) is 0.846. The molecule has 0 spiro atoms. The molecule has 0 bridgehead atoms. The first kappa shape index (κ1) is 14.1. The van der Waals surface area contributed by atoms with Crippen molar-refractivity contribution in [3.63, 3.8) is 0 Å². The van der Waals surface area contributed by atoms with Crippen molar-refractivity contribution in [2.75, 3.05) is 32.8 Å². The molecule has 0 N–H and O–H groups in total. The standard InChI is InChI=1S/C13H25GeNO/c1-4-14(5-2,6-3)8-7-9-15-10-12-16-13-11-15/h4-6,9-13H2,1-3H3. The molecule has 1 saturated heterocycles. The van der Waals surface area contributed by atoms with Gasteiger partial charge in [-0.25, -0.2) is 0 Å². The summed E-state index contributed by atoms with van der Waals surface area (Å²) in [6, 6.07) is 0. The zero-order valence-corrected chi connectivity index (χ0v) is 13.1. The van der Waals surface area contributed by atoms with Crippen molar-refractivity contribution in [2.24, 2.45) is 0 Å². The monoisotopic (exact) mass is 285 g/mol. The molecule has 0 unspecified atom stereocenters. The van der Waals surface area contributed by atoms with Crippen molar-refractivity contribution in [2.45, 2.75) is 36.5 Å². The molecule has 2 nitrogen and oxygen atoms in total. The van der Waals surface area contributed by atoms with Crippen LogP contribution in [0.4, 0.5) is 0 Å². The summed E-state index contributed by atoms with van der Waals surface area (Å²) in [5.41, 5.74) is 0. The van der Waals surface area contributed by atoms with E-state index in [9.17, 15) is 0 Å². The van der Waals surface area contributed by atoms with Gasteiger partial charge in [-0.2, -0.15) is 0 Å². The summed E-state index contributed by atoms with van der Waals surface area (Å²) < 4.78 is 9.02. The van der Waals surface area contributed by atoms with E-state index in [2.05, 4.69) is 36.3 Å². The molecule has 1 aliphatic heterocycles. The maximum atomic E-state index is 5.33. The predicted molar refractivity (Wildman–Crippen MR) is 72.2 cm³/mol. The second kappa shape index (κ2) is 7.37. The van der Waals surface area contributed by atoms with Gasteiger partial charge in [0.15, 0.2) is 0 Å². The van der Waals surface area contributed by atoms with E-state index in [4.69, 9.17) is 4.74 Å². The quantitative estimate of drug-likeness (QED) is 0.580. The van der Waals surface area contributed by atoms with Crippen molar-refractivity contribution >= 4 is 13.3 Å². The SMILES string of the molecule is C[CH2][Ge]([C]#CCN1CCOCC1)([CH2]C)[CH2]C. The van der Waals surface area contributed by atoms with Gasteiger partial charge in [0.05, 0.1) is 0 Å². The van der Waals surface area contributed by atoms with Crippen LogP contribution in [0, 0.1) is 10.7 Å². The first-order valence-corrected chi connectivity index (χ1v) is 12.1. The Kier molecular flexibility index (Phi) is 6.49. The molecule has 0 aromatic rings. The average Bonchev–Trinajstić information content (AvgIpc) is 2.37. The molecule has 1 fully saturated rings. The summed E-state index contributed by atoms with van der Waals surface area (Å²) in [7, 11) is 0. The Labute approximate surface area is 103 Å². The van der Waals surface area contributed by atoms with Gasteiger partial charge in [-0.05, 0) is 0 Å². The third kappa shape index (κ3) is 4.12. The minimum absolute atomic E-state index is 0.879. The molecular formula is C13H25GeNO. The van der Waals surface area contributed by atoms with Crippen LogP contribution >= 0.6 is 0 Å². The predicted octanol–water partition coefficient (Wildman–Crippen LogP) is 2.37. The zero-order valence-electron chi connectivity index (χ0n) is 11.0. The van der Waals surface area contributed by atoms with Crippen LogP contribution in [0.15, 0.2) is 0 Å². The van der Waals surface area contributed by atoms with Gasteiger partial charge in [-0.3, -0.25) is 0 Å². The number of hydrogen-bond donors (Lipinski definition) is 0. The van der Waals surface area contributed by atoms with Crippen LogP contribution in [0.5, 0.6) is 0 Å². The van der Waals surface area contributed by atoms with E-state index in [-0.39, 0.29) is 0 Å². The Morgan fingerprint density at radius 3 is 2.12 bits per heavy atom. The second-order valence-electron chi connectivity index (χ2n) is 4.53. The molecule has 0 aromatic heterocycles. The normalized spacial score (nSPS) is 17.9. The Bertz CT molecular complexity index is 238. The van der Waals surface area contributed by atoms with Crippen molar-refractivity contribution in [1.29, 1.82) is 0 Å². The molecule has 1 rings (SSSR count). The molecule has 0 aliphatic carbocycles.